The number of rotatable bonds is 2. The second-order valence-corrected chi connectivity index (χ2v) is 5.84. The lowest BCUT2D eigenvalue weighted by Gasteiger charge is -2.46. The largest absolute Gasteiger partial charge is 0.496 e. The predicted octanol–water partition coefficient (Wildman–Crippen LogP) is 1.38. The zero-order valence-electron chi connectivity index (χ0n) is 12.9. The van der Waals surface area contributed by atoms with E-state index in [1.807, 2.05) is 7.05 Å². The Hall–Kier alpha value is -1.66. The summed E-state index contributed by atoms with van der Waals surface area (Å²) in [6, 6.07) is 4.41. The van der Waals surface area contributed by atoms with Crippen LogP contribution in [0.15, 0.2) is 18.2 Å². The average Bonchev–Trinajstić information content (AvgIpc) is 2.53. The van der Waals surface area contributed by atoms with Crippen molar-refractivity contribution in [2.24, 2.45) is 0 Å². The van der Waals surface area contributed by atoms with E-state index in [0.29, 0.717) is 13.2 Å². The average molecular weight is 308 g/mol. The van der Waals surface area contributed by atoms with Gasteiger partial charge in [-0.25, -0.2) is 4.39 Å². The molecule has 2 aliphatic rings. The first-order valence-electron chi connectivity index (χ1n) is 7.55. The number of morpholine rings is 1. The van der Waals surface area contributed by atoms with E-state index in [1.165, 1.54) is 13.2 Å². The number of likely N-dealkylation sites (N-methyl/N-ethyl adjacent to an activating group) is 1. The second kappa shape index (κ2) is 6.22. The molecule has 6 heteroatoms. The van der Waals surface area contributed by atoms with E-state index in [1.54, 1.807) is 17.0 Å². The number of hydrogen-bond donors (Lipinski definition) is 0. The zero-order valence-corrected chi connectivity index (χ0v) is 12.9. The molecule has 0 N–H and O–H groups in total. The Balaban J connectivity index is 1.91. The number of likely N-dealkylation sites (tertiary alicyclic amines) is 1. The van der Waals surface area contributed by atoms with E-state index in [9.17, 15) is 9.18 Å². The number of hydrogen-bond acceptors (Lipinski definition) is 4. The Morgan fingerprint density at radius 2 is 2.23 bits per heavy atom. The van der Waals surface area contributed by atoms with Crippen LogP contribution >= 0.6 is 0 Å². The first kappa shape index (κ1) is 15.2. The summed E-state index contributed by atoms with van der Waals surface area (Å²) in [5.74, 6) is -0.586. The molecule has 0 bridgehead atoms. The van der Waals surface area contributed by atoms with Gasteiger partial charge in [0.15, 0.2) is 0 Å². The molecule has 1 aromatic rings. The van der Waals surface area contributed by atoms with Crippen molar-refractivity contribution < 1.29 is 18.7 Å². The summed E-state index contributed by atoms with van der Waals surface area (Å²) >= 11 is 0. The molecule has 2 fully saturated rings. The molecule has 0 unspecified atom stereocenters. The van der Waals surface area contributed by atoms with Crippen molar-refractivity contribution in [1.29, 1.82) is 0 Å². The van der Waals surface area contributed by atoms with Crippen LogP contribution in [-0.2, 0) is 4.74 Å². The summed E-state index contributed by atoms with van der Waals surface area (Å²) < 4.78 is 25.1. The van der Waals surface area contributed by atoms with E-state index in [-0.39, 0.29) is 29.4 Å². The summed E-state index contributed by atoms with van der Waals surface area (Å²) in [5, 5.41) is 0. The van der Waals surface area contributed by atoms with Crippen molar-refractivity contribution in [3.8, 4) is 5.75 Å². The van der Waals surface area contributed by atoms with E-state index < -0.39 is 5.82 Å². The van der Waals surface area contributed by atoms with Crippen LogP contribution in [-0.4, -0.2) is 68.3 Å². The van der Waals surface area contributed by atoms with Gasteiger partial charge in [-0.2, -0.15) is 0 Å². The maximum Gasteiger partial charge on any atom is 0.261 e. The minimum absolute atomic E-state index is 0.0128. The SMILES string of the molecule is COc1cccc(F)c1C(=O)N1CCO[C@@H]2CCN(C)C[C@@H]21. The Bertz CT molecular complexity index is 566. The number of carbonyl (C=O) groups excluding carboxylic acids is 1. The zero-order chi connectivity index (χ0) is 15.7. The van der Waals surface area contributed by atoms with Gasteiger partial charge in [0.25, 0.3) is 5.91 Å². The number of nitrogens with zero attached hydrogens (tertiary/aromatic N) is 2. The van der Waals surface area contributed by atoms with Gasteiger partial charge in [-0.05, 0) is 25.6 Å². The summed E-state index contributed by atoms with van der Waals surface area (Å²) in [6.07, 6.45) is 0.922. The van der Waals surface area contributed by atoms with Gasteiger partial charge < -0.3 is 19.3 Å². The molecule has 0 aliphatic carbocycles. The highest BCUT2D eigenvalue weighted by atomic mass is 19.1. The fourth-order valence-corrected chi connectivity index (χ4v) is 3.31. The van der Waals surface area contributed by atoms with Crippen LogP contribution in [0.3, 0.4) is 0 Å². The molecule has 3 rings (SSSR count). The number of amides is 1. The molecule has 1 aromatic carbocycles. The highest BCUT2D eigenvalue weighted by Crippen LogP contribution is 2.28. The van der Waals surface area contributed by atoms with Crippen molar-refractivity contribution in [2.45, 2.75) is 18.6 Å². The van der Waals surface area contributed by atoms with Crippen molar-refractivity contribution in [1.82, 2.24) is 9.80 Å². The minimum atomic E-state index is -0.545. The van der Waals surface area contributed by atoms with Gasteiger partial charge in [0.05, 0.1) is 25.9 Å². The van der Waals surface area contributed by atoms with E-state index in [4.69, 9.17) is 9.47 Å². The number of piperidine rings is 1. The number of methoxy groups -OCH3 is 1. The number of ether oxygens (including phenoxy) is 2. The van der Waals surface area contributed by atoms with E-state index >= 15 is 0 Å². The van der Waals surface area contributed by atoms with Crippen LogP contribution in [0.25, 0.3) is 0 Å². The van der Waals surface area contributed by atoms with Gasteiger partial charge in [-0.3, -0.25) is 4.79 Å². The quantitative estimate of drug-likeness (QED) is 0.828. The van der Waals surface area contributed by atoms with E-state index in [0.717, 1.165) is 19.5 Å². The molecule has 0 radical (unpaired) electrons. The lowest BCUT2D eigenvalue weighted by Crippen LogP contribution is -2.60. The Kier molecular flexibility index (Phi) is 4.31. The van der Waals surface area contributed by atoms with Crippen LogP contribution < -0.4 is 4.74 Å². The number of halogens is 1. The second-order valence-electron chi connectivity index (χ2n) is 5.84. The normalized spacial score (nSPS) is 25.7. The molecule has 120 valence electrons. The maximum absolute atomic E-state index is 14.2. The third kappa shape index (κ3) is 2.68. The highest BCUT2D eigenvalue weighted by Gasteiger charge is 2.39. The summed E-state index contributed by atoms with van der Waals surface area (Å²) in [6.45, 7) is 2.66. The molecular weight excluding hydrogens is 287 g/mol. The van der Waals surface area contributed by atoms with Crippen LogP contribution in [0, 0.1) is 5.82 Å². The smallest absolute Gasteiger partial charge is 0.261 e. The van der Waals surface area contributed by atoms with Gasteiger partial charge in [-0.1, -0.05) is 6.07 Å². The van der Waals surface area contributed by atoms with Gasteiger partial charge in [-0.15, -0.1) is 0 Å². The Morgan fingerprint density at radius 1 is 1.41 bits per heavy atom. The molecular formula is C16H21FN2O3. The molecule has 0 spiro atoms. The number of fused-ring (bicyclic) bond motifs is 1. The van der Waals surface area contributed by atoms with Crippen molar-refractivity contribution in [3.05, 3.63) is 29.6 Å². The third-order valence-electron chi connectivity index (χ3n) is 4.46. The third-order valence-corrected chi connectivity index (χ3v) is 4.46. The number of carbonyl (C=O) groups is 1. The fraction of sp³-hybridized carbons (Fsp3) is 0.562. The van der Waals surface area contributed by atoms with Crippen LogP contribution in [0.2, 0.25) is 0 Å². The lowest BCUT2D eigenvalue weighted by atomic mass is 9.98. The molecule has 1 amide bonds. The van der Waals surface area contributed by atoms with Crippen LogP contribution in [0.5, 0.6) is 5.75 Å². The molecule has 0 saturated carbocycles. The molecule has 0 aromatic heterocycles. The topological polar surface area (TPSA) is 42.0 Å². The highest BCUT2D eigenvalue weighted by molar-refractivity contribution is 5.97. The van der Waals surface area contributed by atoms with Gasteiger partial charge >= 0.3 is 0 Å². The fourth-order valence-electron chi connectivity index (χ4n) is 3.31. The monoisotopic (exact) mass is 308 g/mol. The number of benzene rings is 1. The van der Waals surface area contributed by atoms with Crippen molar-refractivity contribution in [2.75, 3.05) is 40.4 Å². The van der Waals surface area contributed by atoms with Gasteiger partial charge in [0, 0.05) is 19.6 Å². The van der Waals surface area contributed by atoms with Gasteiger partial charge in [0.2, 0.25) is 0 Å². The van der Waals surface area contributed by atoms with Crippen molar-refractivity contribution in [3.63, 3.8) is 0 Å². The standard InChI is InChI=1S/C16H21FN2O3/c1-18-7-6-13-12(10-18)19(8-9-22-13)16(20)15-11(17)4-3-5-14(15)21-2/h3-5,12-13H,6-10H2,1-2H3/t12-,13+/m0/s1. The van der Waals surface area contributed by atoms with Gasteiger partial charge in [0.1, 0.15) is 17.1 Å². The van der Waals surface area contributed by atoms with E-state index in [2.05, 4.69) is 4.90 Å². The predicted molar refractivity (Wildman–Crippen MR) is 79.6 cm³/mol. The lowest BCUT2D eigenvalue weighted by molar-refractivity contribution is -0.0871. The maximum atomic E-state index is 14.2. The summed E-state index contributed by atoms with van der Waals surface area (Å²) in [4.78, 5) is 16.8. The molecule has 2 saturated heterocycles. The first-order valence-corrected chi connectivity index (χ1v) is 7.55. The van der Waals surface area contributed by atoms with Crippen molar-refractivity contribution >= 4 is 5.91 Å². The van der Waals surface area contributed by atoms with Crippen LogP contribution in [0.1, 0.15) is 16.8 Å². The molecule has 2 heterocycles. The molecule has 5 nitrogen and oxygen atoms in total. The molecule has 2 aliphatic heterocycles. The van der Waals surface area contributed by atoms with Crippen LogP contribution in [0.4, 0.5) is 4.39 Å². The molecule has 2 atom stereocenters. The Morgan fingerprint density at radius 3 is 3.00 bits per heavy atom. The summed E-state index contributed by atoms with van der Waals surface area (Å²) in [7, 11) is 3.47. The minimum Gasteiger partial charge on any atom is -0.496 e. The molecule has 22 heavy (non-hydrogen) atoms. The first-order chi connectivity index (χ1) is 10.6. The Labute approximate surface area is 129 Å². The summed E-state index contributed by atoms with van der Waals surface area (Å²) in [5.41, 5.74) is 0.0128.